The Labute approximate surface area is 161 Å². The Kier molecular flexibility index (Phi) is 4.79. The number of Topliss-reactive ketones (excluding diaryl/α,β-unsaturated/α-hetero) is 1. The normalized spacial score (nSPS) is 14.2. The number of pyridine rings is 1. The number of ether oxygens (including phenoxy) is 1. The average Bonchev–Trinajstić information content (AvgIpc) is 3.19. The third kappa shape index (κ3) is 3.46. The molecule has 1 aliphatic heterocycles. The predicted octanol–water partition coefficient (Wildman–Crippen LogP) is 1.54. The lowest BCUT2D eigenvalue weighted by atomic mass is 10.1. The number of aromatic nitrogens is 5. The molecule has 3 aromatic heterocycles. The summed E-state index contributed by atoms with van der Waals surface area (Å²) in [5, 5.41) is 12.5. The zero-order valence-corrected chi connectivity index (χ0v) is 15.3. The van der Waals surface area contributed by atoms with Gasteiger partial charge in [0.05, 0.1) is 25.0 Å². The van der Waals surface area contributed by atoms with Crippen LogP contribution in [0.15, 0.2) is 42.6 Å². The van der Waals surface area contributed by atoms with Crippen LogP contribution in [0.25, 0.3) is 17.2 Å². The van der Waals surface area contributed by atoms with Gasteiger partial charge in [0.2, 0.25) is 5.88 Å². The fourth-order valence-corrected chi connectivity index (χ4v) is 3.07. The first kappa shape index (κ1) is 17.8. The lowest BCUT2D eigenvalue weighted by molar-refractivity contribution is -0.121. The summed E-state index contributed by atoms with van der Waals surface area (Å²) in [5.74, 6) is 0.573. The van der Waals surface area contributed by atoms with E-state index in [9.17, 15) is 9.59 Å². The van der Waals surface area contributed by atoms with Gasteiger partial charge in [0.1, 0.15) is 0 Å². The molecule has 0 aromatic carbocycles. The minimum absolute atomic E-state index is 0.0602. The van der Waals surface area contributed by atoms with Crippen LogP contribution in [0.4, 0.5) is 0 Å². The van der Waals surface area contributed by atoms with Gasteiger partial charge in [-0.1, -0.05) is 6.07 Å². The van der Waals surface area contributed by atoms with E-state index in [4.69, 9.17) is 4.74 Å². The second-order valence-electron chi connectivity index (χ2n) is 6.34. The Bertz CT molecular complexity index is 1000. The molecule has 9 nitrogen and oxygen atoms in total. The van der Waals surface area contributed by atoms with Gasteiger partial charge in [0.25, 0.3) is 5.91 Å². The highest BCUT2D eigenvalue weighted by Crippen LogP contribution is 2.23. The standard InChI is InChI=1S/C19H18N6O3/c1-28-18-8-7-17(21-22-18)25-16(14-6-2-3-9-20-14)11-15(23-25)19(27)24-10-4-5-13(26)12-24/h2-3,6-9,11H,4-5,10,12H2,1H3. The predicted molar refractivity (Wildman–Crippen MR) is 99.1 cm³/mol. The first-order valence-corrected chi connectivity index (χ1v) is 8.86. The maximum Gasteiger partial charge on any atom is 0.274 e. The number of likely N-dealkylation sites (tertiary alicyclic amines) is 1. The number of hydrogen-bond acceptors (Lipinski definition) is 7. The highest BCUT2D eigenvalue weighted by molar-refractivity contribution is 5.96. The largest absolute Gasteiger partial charge is 0.480 e. The molecule has 0 aliphatic carbocycles. The fourth-order valence-electron chi connectivity index (χ4n) is 3.07. The highest BCUT2D eigenvalue weighted by Gasteiger charge is 2.26. The van der Waals surface area contributed by atoms with Gasteiger partial charge in [0, 0.05) is 25.2 Å². The third-order valence-electron chi connectivity index (χ3n) is 4.45. The summed E-state index contributed by atoms with van der Waals surface area (Å²) >= 11 is 0. The molecule has 1 amide bonds. The minimum atomic E-state index is -0.287. The molecular formula is C19H18N6O3. The zero-order chi connectivity index (χ0) is 19.5. The molecule has 4 rings (SSSR count). The summed E-state index contributed by atoms with van der Waals surface area (Å²) in [7, 11) is 1.51. The van der Waals surface area contributed by atoms with E-state index in [0.29, 0.717) is 42.5 Å². The molecule has 0 N–H and O–H groups in total. The number of carbonyl (C=O) groups excluding carboxylic acids is 2. The monoisotopic (exact) mass is 378 g/mol. The number of carbonyl (C=O) groups is 2. The van der Waals surface area contributed by atoms with Gasteiger partial charge >= 0.3 is 0 Å². The zero-order valence-electron chi connectivity index (χ0n) is 15.3. The van der Waals surface area contributed by atoms with E-state index in [1.807, 2.05) is 18.2 Å². The second kappa shape index (κ2) is 7.55. The van der Waals surface area contributed by atoms with Crippen molar-refractivity contribution in [2.45, 2.75) is 12.8 Å². The molecule has 142 valence electrons. The van der Waals surface area contributed by atoms with Gasteiger partial charge in [-0.25, -0.2) is 4.68 Å². The van der Waals surface area contributed by atoms with Gasteiger partial charge in [-0.05, 0) is 30.7 Å². The number of rotatable bonds is 4. The van der Waals surface area contributed by atoms with Crippen LogP contribution in [0.3, 0.4) is 0 Å². The van der Waals surface area contributed by atoms with Crippen molar-refractivity contribution in [1.29, 1.82) is 0 Å². The molecule has 4 heterocycles. The Balaban J connectivity index is 1.75. The summed E-state index contributed by atoms with van der Waals surface area (Å²) in [6.45, 7) is 0.658. The van der Waals surface area contributed by atoms with Crippen LogP contribution in [0.5, 0.6) is 5.88 Å². The first-order valence-electron chi connectivity index (χ1n) is 8.86. The van der Waals surface area contributed by atoms with Crippen molar-refractivity contribution < 1.29 is 14.3 Å². The van der Waals surface area contributed by atoms with Gasteiger partial charge in [-0.3, -0.25) is 14.6 Å². The fraction of sp³-hybridized carbons (Fsp3) is 0.263. The molecule has 28 heavy (non-hydrogen) atoms. The molecule has 1 aliphatic rings. The van der Waals surface area contributed by atoms with Crippen LogP contribution < -0.4 is 4.74 Å². The Hall–Kier alpha value is -3.62. The number of nitrogens with zero attached hydrogens (tertiary/aromatic N) is 6. The maximum atomic E-state index is 12.9. The van der Waals surface area contributed by atoms with Crippen LogP contribution in [0, 0.1) is 0 Å². The number of ketones is 1. The van der Waals surface area contributed by atoms with E-state index >= 15 is 0 Å². The van der Waals surface area contributed by atoms with E-state index in [2.05, 4.69) is 20.3 Å². The van der Waals surface area contributed by atoms with Crippen molar-refractivity contribution in [2.75, 3.05) is 20.2 Å². The molecule has 1 saturated heterocycles. The summed E-state index contributed by atoms with van der Waals surface area (Å²) in [6.07, 6.45) is 2.85. The SMILES string of the molecule is COc1ccc(-n2nc(C(=O)N3CCCC(=O)C3)cc2-c2ccccn2)nn1. The molecule has 3 aromatic rings. The molecule has 0 bridgehead atoms. The average molecular weight is 378 g/mol. The molecule has 1 fully saturated rings. The highest BCUT2D eigenvalue weighted by atomic mass is 16.5. The maximum absolute atomic E-state index is 12.9. The van der Waals surface area contributed by atoms with Crippen molar-refractivity contribution in [1.82, 2.24) is 29.9 Å². The molecule has 0 radical (unpaired) electrons. The van der Waals surface area contributed by atoms with Gasteiger partial charge in [-0.2, -0.15) is 5.10 Å². The smallest absolute Gasteiger partial charge is 0.274 e. The molecule has 0 unspecified atom stereocenters. The summed E-state index contributed by atoms with van der Waals surface area (Å²) < 4.78 is 6.57. The van der Waals surface area contributed by atoms with E-state index < -0.39 is 0 Å². The summed E-state index contributed by atoms with van der Waals surface area (Å²) in [4.78, 5) is 30.5. The Morgan fingerprint density at radius 2 is 2.07 bits per heavy atom. The molecular weight excluding hydrogens is 360 g/mol. The molecule has 0 atom stereocenters. The van der Waals surface area contributed by atoms with Crippen LogP contribution >= 0.6 is 0 Å². The van der Waals surface area contributed by atoms with Crippen molar-refractivity contribution in [3.63, 3.8) is 0 Å². The third-order valence-corrected chi connectivity index (χ3v) is 4.45. The summed E-state index contributed by atoms with van der Waals surface area (Å²) in [6, 6.07) is 10.5. The van der Waals surface area contributed by atoms with Crippen molar-refractivity contribution in [2.24, 2.45) is 0 Å². The Morgan fingerprint density at radius 1 is 1.18 bits per heavy atom. The van der Waals surface area contributed by atoms with Crippen molar-refractivity contribution in [3.8, 4) is 23.1 Å². The van der Waals surface area contributed by atoms with Gasteiger partial charge in [-0.15, -0.1) is 10.2 Å². The summed E-state index contributed by atoms with van der Waals surface area (Å²) in [5.41, 5.74) is 1.47. The molecule has 9 heteroatoms. The van der Waals surface area contributed by atoms with Crippen molar-refractivity contribution in [3.05, 3.63) is 48.3 Å². The Morgan fingerprint density at radius 3 is 2.75 bits per heavy atom. The van der Waals surface area contributed by atoms with E-state index in [1.165, 1.54) is 16.7 Å². The first-order chi connectivity index (χ1) is 13.7. The molecule has 0 saturated carbocycles. The number of amides is 1. The van der Waals surface area contributed by atoms with Gasteiger partial charge < -0.3 is 9.64 Å². The van der Waals surface area contributed by atoms with Crippen molar-refractivity contribution >= 4 is 11.7 Å². The minimum Gasteiger partial charge on any atom is -0.480 e. The number of methoxy groups -OCH3 is 1. The van der Waals surface area contributed by atoms with Gasteiger partial charge in [0.15, 0.2) is 17.3 Å². The van der Waals surface area contributed by atoms with Crippen LogP contribution in [0.1, 0.15) is 23.3 Å². The number of piperidine rings is 1. The van der Waals surface area contributed by atoms with Crippen LogP contribution in [-0.2, 0) is 4.79 Å². The quantitative estimate of drug-likeness (QED) is 0.678. The lowest BCUT2D eigenvalue weighted by Gasteiger charge is -2.24. The van der Waals surface area contributed by atoms with Crippen LogP contribution in [0.2, 0.25) is 0 Å². The van der Waals surface area contributed by atoms with Crippen LogP contribution in [-0.4, -0.2) is 61.8 Å². The van der Waals surface area contributed by atoms with E-state index in [0.717, 1.165) is 0 Å². The second-order valence-corrected chi connectivity index (χ2v) is 6.34. The number of hydrogen-bond donors (Lipinski definition) is 0. The van der Waals surface area contributed by atoms with E-state index in [1.54, 1.807) is 24.4 Å². The van der Waals surface area contributed by atoms with E-state index in [-0.39, 0.29) is 23.9 Å². The lowest BCUT2D eigenvalue weighted by Crippen LogP contribution is -2.40. The molecule has 0 spiro atoms. The topological polar surface area (TPSA) is 103 Å².